The zero-order chi connectivity index (χ0) is 15.9. The molecule has 0 spiro atoms. The number of rotatable bonds is 2. The van der Waals surface area contributed by atoms with Crippen LogP contribution in [0.2, 0.25) is 0 Å². The SMILES string of the molecule is c1cnc2c(c1)-n1cnc(-c3noc(C4CCCCC4)n3)c1CS2. The van der Waals surface area contributed by atoms with Crippen LogP contribution in [0.3, 0.4) is 0 Å². The van der Waals surface area contributed by atoms with Gasteiger partial charge in [-0.2, -0.15) is 4.98 Å². The maximum Gasteiger partial charge on any atom is 0.230 e. The van der Waals surface area contributed by atoms with Gasteiger partial charge in [0.15, 0.2) is 0 Å². The summed E-state index contributed by atoms with van der Waals surface area (Å²) in [7, 11) is 0. The highest BCUT2D eigenvalue weighted by molar-refractivity contribution is 7.98. The van der Waals surface area contributed by atoms with Crippen molar-refractivity contribution in [3.63, 3.8) is 0 Å². The molecule has 7 heteroatoms. The molecule has 3 aromatic heterocycles. The summed E-state index contributed by atoms with van der Waals surface area (Å²) in [5.74, 6) is 2.61. The van der Waals surface area contributed by atoms with Gasteiger partial charge < -0.3 is 4.52 Å². The summed E-state index contributed by atoms with van der Waals surface area (Å²) in [5.41, 5.74) is 3.00. The van der Waals surface area contributed by atoms with Crippen molar-refractivity contribution in [3.05, 3.63) is 36.2 Å². The second-order valence-corrected chi connectivity index (χ2v) is 7.28. The summed E-state index contributed by atoms with van der Waals surface area (Å²) in [6.07, 6.45) is 9.78. The Morgan fingerprint density at radius 3 is 3.00 bits per heavy atom. The maximum absolute atomic E-state index is 5.56. The lowest BCUT2D eigenvalue weighted by atomic mass is 9.89. The molecule has 1 saturated carbocycles. The van der Waals surface area contributed by atoms with Crippen LogP contribution in [0.5, 0.6) is 0 Å². The molecule has 24 heavy (non-hydrogen) atoms. The van der Waals surface area contributed by atoms with Crippen molar-refractivity contribution >= 4 is 11.8 Å². The predicted molar refractivity (Wildman–Crippen MR) is 90.0 cm³/mol. The van der Waals surface area contributed by atoms with E-state index in [-0.39, 0.29) is 0 Å². The molecular weight excluding hydrogens is 322 g/mol. The van der Waals surface area contributed by atoms with Crippen molar-refractivity contribution in [2.75, 3.05) is 0 Å². The molecule has 0 atom stereocenters. The molecule has 0 aromatic carbocycles. The third-order valence-corrected chi connectivity index (χ3v) is 5.84. The van der Waals surface area contributed by atoms with Gasteiger partial charge in [0.05, 0.1) is 11.4 Å². The van der Waals surface area contributed by atoms with Gasteiger partial charge >= 0.3 is 0 Å². The number of hydrogen-bond donors (Lipinski definition) is 0. The Kier molecular flexibility index (Phi) is 3.40. The first-order valence-electron chi connectivity index (χ1n) is 8.38. The Labute approximate surface area is 143 Å². The predicted octanol–water partition coefficient (Wildman–Crippen LogP) is 3.97. The van der Waals surface area contributed by atoms with Crippen LogP contribution in [-0.2, 0) is 5.75 Å². The van der Waals surface area contributed by atoms with E-state index in [0.29, 0.717) is 11.7 Å². The van der Waals surface area contributed by atoms with Gasteiger partial charge in [-0.15, -0.1) is 0 Å². The molecule has 5 rings (SSSR count). The lowest BCUT2D eigenvalue weighted by molar-refractivity contribution is 0.314. The third-order valence-electron chi connectivity index (χ3n) is 4.83. The van der Waals surface area contributed by atoms with Crippen molar-refractivity contribution in [1.82, 2.24) is 24.7 Å². The first kappa shape index (κ1) is 14.2. The topological polar surface area (TPSA) is 69.6 Å². The van der Waals surface area contributed by atoms with Crippen LogP contribution in [0.4, 0.5) is 0 Å². The van der Waals surface area contributed by atoms with Gasteiger partial charge in [-0.3, -0.25) is 4.57 Å². The van der Waals surface area contributed by atoms with Crippen molar-refractivity contribution in [3.8, 4) is 17.2 Å². The lowest BCUT2D eigenvalue weighted by Crippen LogP contribution is -2.07. The van der Waals surface area contributed by atoms with E-state index >= 15 is 0 Å². The molecule has 0 radical (unpaired) electrons. The summed E-state index contributed by atoms with van der Waals surface area (Å²) >= 11 is 1.72. The highest BCUT2D eigenvalue weighted by Crippen LogP contribution is 2.37. The number of nitrogens with zero attached hydrogens (tertiary/aromatic N) is 5. The van der Waals surface area contributed by atoms with E-state index in [0.717, 1.165) is 46.6 Å². The quantitative estimate of drug-likeness (QED) is 0.703. The molecule has 122 valence electrons. The zero-order valence-corrected chi connectivity index (χ0v) is 14.0. The van der Waals surface area contributed by atoms with E-state index in [9.17, 15) is 0 Å². The van der Waals surface area contributed by atoms with E-state index < -0.39 is 0 Å². The first-order chi connectivity index (χ1) is 11.9. The summed E-state index contributed by atoms with van der Waals surface area (Å²) in [6.45, 7) is 0. The van der Waals surface area contributed by atoms with E-state index in [2.05, 4.69) is 30.7 Å². The molecule has 3 aromatic rings. The molecule has 1 aliphatic heterocycles. The monoisotopic (exact) mass is 339 g/mol. The highest BCUT2D eigenvalue weighted by atomic mass is 32.2. The molecular formula is C17H17N5OS. The first-order valence-corrected chi connectivity index (χ1v) is 9.37. The minimum absolute atomic E-state index is 0.415. The van der Waals surface area contributed by atoms with Crippen LogP contribution >= 0.6 is 11.8 Å². The lowest BCUT2D eigenvalue weighted by Gasteiger charge is -2.17. The number of aromatic nitrogens is 5. The molecule has 0 amide bonds. The number of imidazole rings is 1. The molecule has 0 bridgehead atoms. The average Bonchev–Trinajstić information content (AvgIpc) is 3.29. The fourth-order valence-corrected chi connectivity index (χ4v) is 4.57. The van der Waals surface area contributed by atoms with Crippen molar-refractivity contribution in [2.24, 2.45) is 0 Å². The molecule has 6 nitrogen and oxygen atoms in total. The second kappa shape index (κ2) is 5.73. The van der Waals surface area contributed by atoms with Crippen LogP contribution in [0.25, 0.3) is 17.2 Å². The van der Waals surface area contributed by atoms with Crippen LogP contribution in [0.15, 0.2) is 34.2 Å². The fraction of sp³-hybridized carbons (Fsp3) is 0.412. The van der Waals surface area contributed by atoms with Crippen molar-refractivity contribution in [2.45, 2.75) is 48.8 Å². The molecule has 0 N–H and O–H groups in total. The Balaban J connectivity index is 1.51. The van der Waals surface area contributed by atoms with Crippen LogP contribution < -0.4 is 0 Å². The smallest absolute Gasteiger partial charge is 0.230 e. The number of pyridine rings is 1. The molecule has 4 heterocycles. The minimum atomic E-state index is 0.415. The maximum atomic E-state index is 5.56. The number of thioether (sulfide) groups is 1. The van der Waals surface area contributed by atoms with Crippen molar-refractivity contribution in [1.29, 1.82) is 0 Å². The number of hydrogen-bond acceptors (Lipinski definition) is 6. The van der Waals surface area contributed by atoms with Gasteiger partial charge in [0.1, 0.15) is 17.0 Å². The van der Waals surface area contributed by atoms with E-state index in [1.54, 1.807) is 11.8 Å². The molecule has 2 aliphatic rings. The van der Waals surface area contributed by atoms with Crippen LogP contribution in [0.1, 0.15) is 49.6 Å². The summed E-state index contributed by atoms with van der Waals surface area (Å²) in [6, 6.07) is 4.01. The van der Waals surface area contributed by atoms with Crippen LogP contribution in [-0.4, -0.2) is 24.7 Å². The summed E-state index contributed by atoms with van der Waals surface area (Å²) in [4.78, 5) is 13.7. The Hall–Kier alpha value is -2.15. The van der Waals surface area contributed by atoms with E-state index in [4.69, 9.17) is 4.52 Å². The van der Waals surface area contributed by atoms with Crippen molar-refractivity contribution < 1.29 is 4.52 Å². The minimum Gasteiger partial charge on any atom is -0.339 e. The molecule has 1 fully saturated rings. The fourth-order valence-electron chi connectivity index (χ4n) is 3.57. The average molecular weight is 339 g/mol. The summed E-state index contributed by atoms with van der Waals surface area (Å²) in [5, 5.41) is 5.24. The van der Waals surface area contributed by atoms with Crippen LogP contribution in [0, 0.1) is 0 Å². The standard InChI is InChI=1S/C17H17N5OS/c1-2-5-11(6-3-1)16-20-15(21-23-16)14-13-9-24-17-12(7-4-8-18-17)22(13)10-19-14/h4,7-8,10-11H,1-3,5-6,9H2. The molecule has 0 unspecified atom stereocenters. The van der Waals surface area contributed by atoms with Gasteiger partial charge in [-0.05, 0) is 25.0 Å². The highest BCUT2D eigenvalue weighted by Gasteiger charge is 2.26. The second-order valence-electron chi connectivity index (χ2n) is 6.32. The Morgan fingerprint density at radius 2 is 2.08 bits per heavy atom. The molecule has 0 saturated heterocycles. The normalized spacial score (nSPS) is 17.5. The largest absolute Gasteiger partial charge is 0.339 e. The van der Waals surface area contributed by atoms with Gasteiger partial charge in [-0.25, -0.2) is 9.97 Å². The van der Waals surface area contributed by atoms with E-state index in [1.165, 1.54) is 19.3 Å². The summed E-state index contributed by atoms with van der Waals surface area (Å²) < 4.78 is 7.65. The Bertz CT molecular complexity index is 881. The zero-order valence-electron chi connectivity index (χ0n) is 13.2. The van der Waals surface area contributed by atoms with Gasteiger partial charge in [0, 0.05) is 17.9 Å². The van der Waals surface area contributed by atoms with E-state index in [1.807, 2.05) is 18.6 Å². The van der Waals surface area contributed by atoms with Gasteiger partial charge in [-0.1, -0.05) is 36.2 Å². The third kappa shape index (κ3) is 2.26. The van der Waals surface area contributed by atoms with Gasteiger partial charge in [0.2, 0.25) is 11.7 Å². The Morgan fingerprint density at radius 1 is 1.17 bits per heavy atom. The number of fused-ring (bicyclic) bond motifs is 3. The molecule has 1 aliphatic carbocycles. The van der Waals surface area contributed by atoms with Gasteiger partial charge in [0.25, 0.3) is 0 Å².